The Kier molecular flexibility index (Phi) is 6.71. The number of piperazine rings is 1. The minimum absolute atomic E-state index is 0.00682. The van der Waals surface area contributed by atoms with Crippen LogP contribution < -0.4 is 14.4 Å². The lowest BCUT2D eigenvalue weighted by atomic mass is 10.1. The van der Waals surface area contributed by atoms with Crippen LogP contribution in [0.15, 0.2) is 48.5 Å². The van der Waals surface area contributed by atoms with E-state index in [9.17, 15) is 4.79 Å². The highest BCUT2D eigenvalue weighted by molar-refractivity contribution is 5.99. The Morgan fingerprint density at radius 1 is 0.963 bits per heavy atom. The summed E-state index contributed by atoms with van der Waals surface area (Å²) in [7, 11) is 3.17. The van der Waals surface area contributed by atoms with Crippen LogP contribution >= 0.6 is 0 Å². The lowest BCUT2D eigenvalue weighted by molar-refractivity contribution is -0.904. The van der Waals surface area contributed by atoms with Gasteiger partial charge in [0, 0.05) is 6.42 Å². The Hall–Kier alpha value is -2.53. The zero-order valence-corrected chi connectivity index (χ0v) is 16.2. The molecule has 0 aromatic heterocycles. The molecule has 5 heteroatoms. The predicted molar refractivity (Wildman–Crippen MR) is 106 cm³/mol. The van der Waals surface area contributed by atoms with Crippen molar-refractivity contribution in [2.45, 2.75) is 12.8 Å². The van der Waals surface area contributed by atoms with Crippen molar-refractivity contribution >= 4 is 5.91 Å². The molecule has 5 nitrogen and oxygen atoms in total. The van der Waals surface area contributed by atoms with Crippen LogP contribution in [-0.4, -0.2) is 57.8 Å². The third kappa shape index (κ3) is 4.80. The van der Waals surface area contributed by atoms with Gasteiger partial charge in [-0.15, -0.1) is 0 Å². The molecule has 0 aliphatic carbocycles. The zero-order chi connectivity index (χ0) is 19.1. The molecular weight excluding hydrogens is 340 g/mol. The number of aryl methyl sites for hydroxylation is 1. The van der Waals surface area contributed by atoms with Crippen molar-refractivity contribution in [2.75, 3.05) is 46.9 Å². The number of nitrogens with one attached hydrogen (secondary N) is 1. The minimum Gasteiger partial charge on any atom is -0.496 e. The lowest BCUT2D eigenvalue weighted by Crippen LogP contribution is -3.14. The van der Waals surface area contributed by atoms with Gasteiger partial charge in [-0.3, -0.25) is 4.79 Å². The number of ether oxygens (including phenoxy) is 2. The van der Waals surface area contributed by atoms with Crippen molar-refractivity contribution in [3.05, 3.63) is 59.7 Å². The number of hydrogen-bond donors (Lipinski definition) is 1. The number of benzene rings is 2. The molecular formula is C22H29N2O3+. The number of amides is 1. The monoisotopic (exact) mass is 369 g/mol. The summed E-state index contributed by atoms with van der Waals surface area (Å²) in [6.07, 6.45) is 2.29. The largest absolute Gasteiger partial charge is 0.496 e. The SMILES string of the molecule is COc1cccc(OC)c1C(=O)N1CC[NH+](CCCc2ccccc2)CC1. The molecule has 144 valence electrons. The van der Waals surface area contributed by atoms with Crippen molar-refractivity contribution in [1.82, 2.24) is 4.90 Å². The van der Waals surface area contributed by atoms with Crippen molar-refractivity contribution in [3.63, 3.8) is 0 Å². The van der Waals surface area contributed by atoms with E-state index in [0.29, 0.717) is 17.1 Å². The number of carbonyl (C=O) groups excluding carboxylic acids is 1. The molecule has 0 bridgehead atoms. The van der Waals surface area contributed by atoms with Gasteiger partial charge in [0.15, 0.2) is 0 Å². The predicted octanol–water partition coefficient (Wildman–Crippen LogP) is 1.68. The van der Waals surface area contributed by atoms with Gasteiger partial charge in [-0.25, -0.2) is 0 Å². The third-order valence-corrected chi connectivity index (χ3v) is 5.24. The average molecular weight is 369 g/mol. The highest BCUT2D eigenvalue weighted by Crippen LogP contribution is 2.29. The second kappa shape index (κ2) is 9.42. The maximum Gasteiger partial charge on any atom is 0.261 e. The first-order valence-corrected chi connectivity index (χ1v) is 9.60. The number of carbonyl (C=O) groups is 1. The smallest absolute Gasteiger partial charge is 0.261 e. The van der Waals surface area contributed by atoms with Crippen LogP contribution in [0.5, 0.6) is 11.5 Å². The number of rotatable bonds is 7. The fourth-order valence-electron chi connectivity index (χ4n) is 3.68. The molecule has 27 heavy (non-hydrogen) atoms. The Labute approximate surface area is 161 Å². The Morgan fingerprint density at radius 3 is 2.19 bits per heavy atom. The second-order valence-electron chi connectivity index (χ2n) is 6.92. The zero-order valence-electron chi connectivity index (χ0n) is 16.2. The van der Waals surface area contributed by atoms with E-state index in [0.717, 1.165) is 39.1 Å². The van der Waals surface area contributed by atoms with Crippen LogP contribution in [0.25, 0.3) is 0 Å². The molecule has 1 amide bonds. The molecule has 0 saturated carbocycles. The Balaban J connectivity index is 1.52. The number of nitrogens with zero attached hydrogens (tertiary/aromatic N) is 1. The van der Waals surface area contributed by atoms with Gasteiger partial charge in [-0.2, -0.15) is 0 Å². The summed E-state index contributed by atoms with van der Waals surface area (Å²) in [4.78, 5) is 16.5. The highest BCUT2D eigenvalue weighted by atomic mass is 16.5. The molecule has 2 aromatic carbocycles. The van der Waals surface area contributed by atoms with E-state index in [4.69, 9.17) is 9.47 Å². The van der Waals surface area contributed by atoms with Crippen LogP contribution in [0.1, 0.15) is 22.3 Å². The van der Waals surface area contributed by atoms with Gasteiger partial charge in [0.05, 0.1) is 46.9 Å². The molecule has 3 rings (SSSR count). The van der Waals surface area contributed by atoms with Gasteiger partial charge in [0.2, 0.25) is 0 Å². The Morgan fingerprint density at radius 2 is 1.59 bits per heavy atom. The normalized spacial score (nSPS) is 14.8. The molecule has 1 N–H and O–H groups in total. The molecule has 1 aliphatic heterocycles. The standard InChI is InChI=1S/C22H28N2O3/c1-26-19-11-6-12-20(27-2)21(19)22(25)24-16-14-23(15-17-24)13-7-10-18-8-4-3-5-9-18/h3-6,8-9,11-12H,7,10,13-17H2,1-2H3/p+1. The number of quaternary nitrogens is 1. The quantitative estimate of drug-likeness (QED) is 0.808. The second-order valence-corrected chi connectivity index (χ2v) is 6.92. The maximum absolute atomic E-state index is 13.0. The van der Waals surface area contributed by atoms with E-state index in [1.807, 2.05) is 11.0 Å². The van der Waals surface area contributed by atoms with Crippen LogP contribution in [0.2, 0.25) is 0 Å². The van der Waals surface area contributed by atoms with Crippen molar-refractivity contribution < 1.29 is 19.2 Å². The molecule has 0 unspecified atom stereocenters. The van der Waals surface area contributed by atoms with Crippen LogP contribution in [0, 0.1) is 0 Å². The highest BCUT2D eigenvalue weighted by Gasteiger charge is 2.28. The summed E-state index contributed by atoms with van der Waals surface area (Å²) in [6, 6.07) is 16.1. The topological polar surface area (TPSA) is 43.2 Å². The first kappa shape index (κ1) is 19.2. The molecule has 1 heterocycles. The van der Waals surface area contributed by atoms with Gasteiger partial charge in [-0.05, 0) is 24.1 Å². The van der Waals surface area contributed by atoms with E-state index >= 15 is 0 Å². The van der Waals surface area contributed by atoms with E-state index < -0.39 is 0 Å². The first-order chi connectivity index (χ1) is 13.2. The summed E-state index contributed by atoms with van der Waals surface area (Å²) in [5, 5.41) is 0. The molecule has 1 aliphatic rings. The van der Waals surface area contributed by atoms with E-state index in [-0.39, 0.29) is 5.91 Å². The van der Waals surface area contributed by atoms with Gasteiger partial charge < -0.3 is 19.3 Å². The minimum atomic E-state index is -0.00682. The summed E-state index contributed by atoms with van der Waals surface area (Å²) < 4.78 is 10.8. The lowest BCUT2D eigenvalue weighted by Gasteiger charge is -2.32. The molecule has 1 saturated heterocycles. The summed E-state index contributed by atoms with van der Waals surface area (Å²) in [5.74, 6) is 1.13. The first-order valence-electron chi connectivity index (χ1n) is 9.60. The fraction of sp³-hybridized carbons (Fsp3) is 0.409. The number of methoxy groups -OCH3 is 2. The molecule has 1 fully saturated rings. The van der Waals surface area contributed by atoms with Crippen LogP contribution in [0.3, 0.4) is 0 Å². The molecule has 0 atom stereocenters. The maximum atomic E-state index is 13.0. The number of hydrogen-bond acceptors (Lipinski definition) is 3. The molecule has 2 aromatic rings. The van der Waals surface area contributed by atoms with E-state index in [1.165, 1.54) is 12.0 Å². The van der Waals surface area contributed by atoms with E-state index in [1.54, 1.807) is 31.3 Å². The summed E-state index contributed by atoms with van der Waals surface area (Å²) in [5.41, 5.74) is 1.92. The van der Waals surface area contributed by atoms with Gasteiger partial charge in [-0.1, -0.05) is 36.4 Å². The van der Waals surface area contributed by atoms with Crippen molar-refractivity contribution in [2.24, 2.45) is 0 Å². The van der Waals surface area contributed by atoms with Gasteiger partial charge in [0.25, 0.3) is 5.91 Å². The van der Waals surface area contributed by atoms with Crippen LogP contribution in [-0.2, 0) is 6.42 Å². The Bertz CT molecular complexity index is 718. The fourth-order valence-corrected chi connectivity index (χ4v) is 3.68. The van der Waals surface area contributed by atoms with Crippen molar-refractivity contribution in [3.8, 4) is 11.5 Å². The summed E-state index contributed by atoms with van der Waals surface area (Å²) >= 11 is 0. The van der Waals surface area contributed by atoms with E-state index in [2.05, 4.69) is 30.3 Å². The van der Waals surface area contributed by atoms with Gasteiger partial charge in [0.1, 0.15) is 17.1 Å². The molecule has 0 radical (unpaired) electrons. The van der Waals surface area contributed by atoms with Crippen LogP contribution in [0.4, 0.5) is 0 Å². The molecule has 0 spiro atoms. The summed E-state index contributed by atoms with van der Waals surface area (Å²) in [6.45, 7) is 4.65. The third-order valence-electron chi connectivity index (χ3n) is 5.24. The van der Waals surface area contributed by atoms with Crippen molar-refractivity contribution in [1.29, 1.82) is 0 Å². The average Bonchev–Trinajstić information content (AvgIpc) is 2.74. The van der Waals surface area contributed by atoms with Gasteiger partial charge >= 0.3 is 0 Å².